The number of rotatable bonds is 4. The van der Waals surface area contributed by atoms with Gasteiger partial charge in [0.25, 0.3) is 0 Å². The summed E-state index contributed by atoms with van der Waals surface area (Å²) in [6.07, 6.45) is 1.52. The Hall–Kier alpha value is -2.32. The van der Waals surface area contributed by atoms with Gasteiger partial charge in [-0.25, -0.2) is 18.7 Å². The van der Waals surface area contributed by atoms with Crippen molar-refractivity contribution in [1.29, 1.82) is 0 Å². The van der Waals surface area contributed by atoms with E-state index in [-0.39, 0.29) is 32.2 Å². The van der Waals surface area contributed by atoms with Gasteiger partial charge in [0.1, 0.15) is 11.8 Å². The molecule has 0 aliphatic heterocycles. The third-order valence-corrected chi connectivity index (χ3v) is 5.25. The van der Waals surface area contributed by atoms with Crippen molar-refractivity contribution in [2.75, 3.05) is 11.9 Å². The Kier molecular flexibility index (Phi) is 2.92. The minimum absolute atomic E-state index is 0.133. The molecule has 3 N–H and O–H groups in total. The fraction of sp³-hybridized carbons (Fsp3) is 0.600. The molecule has 1 spiro atoms. The smallest absolute Gasteiger partial charge is 0.311 e. The largest absolute Gasteiger partial charge is 0.481 e. The van der Waals surface area contributed by atoms with E-state index in [1.165, 1.54) is 6.33 Å². The van der Waals surface area contributed by atoms with Crippen LogP contribution in [0, 0.1) is 17.8 Å². The Labute approximate surface area is 135 Å². The number of hydrogen-bond donors (Lipinski definition) is 3. The zero-order valence-corrected chi connectivity index (χ0v) is 13.1. The lowest BCUT2D eigenvalue weighted by molar-refractivity contribution is -0.233. The Bertz CT molecular complexity index is 818. The quantitative estimate of drug-likeness (QED) is 0.791. The Morgan fingerprint density at radius 1 is 1.29 bits per heavy atom. The van der Waals surface area contributed by atoms with Crippen LogP contribution >= 0.6 is 0 Å². The molecule has 9 heteroatoms. The molecule has 0 aromatic carbocycles. The number of nitrogens with one attached hydrogen (secondary N) is 2. The van der Waals surface area contributed by atoms with Crippen LogP contribution in [0.15, 0.2) is 6.33 Å². The molecule has 2 aliphatic carbocycles. The summed E-state index contributed by atoms with van der Waals surface area (Å²) < 4.78 is 26.3. The van der Waals surface area contributed by atoms with Crippen molar-refractivity contribution in [1.82, 2.24) is 20.2 Å². The molecular weight excluding hydrogens is 320 g/mol. The van der Waals surface area contributed by atoms with E-state index in [0.717, 1.165) is 5.69 Å². The van der Waals surface area contributed by atoms with E-state index < -0.39 is 22.7 Å². The van der Waals surface area contributed by atoms with Gasteiger partial charge in [0.15, 0.2) is 11.3 Å². The third-order valence-electron chi connectivity index (χ3n) is 5.25. The standard InChI is InChI=1S/C15H17F2N5O2/c1-8-9-10(22-21-8)11(20-7-19-9)18-6-14(12(23)24)2-13(3-14)4-15(16,17)5-13/h7H,2-6H2,1H3,(H,21,22)(H,23,24)(H,18,19,20). The van der Waals surface area contributed by atoms with Gasteiger partial charge in [0, 0.05) is 19.4 Å². The molecule has 24 heavy (non-hydrogen) atoms. The maximum Gasteiger partial charge on any atom is 0.311 e. The van der Waals surface area contributed by atoms with Crippen LogP contribution in [0.1, 0.15) is 31.4 Å². The molecule has 0 radical (unpaired) electrons. The van der Waals surface area contributed by atoms with Gasteiger partial charge in [-0.3, -0.25) is 9.89 Å². The van der Waals surface area contributed by atoms with Crippen molar-refractivity contribution in [3.8, 4) is 0 Å². The number of fused-ring (bicyclic) bond motifs is 1. The second-order valence-electron chi connectivity index (χ2n) is 7.27. The molecule has 2 heterocycles. The average molecular weight is 337 g/mol. The number of nitrogens with zero attached hydrogens (tertiary/aromatic N) is 3. The second-order valence-corrected chi connectivity index (χ2v) is 7.27. The zero-order chi connectivity index (χ0) is 17.2. The van der Waals surface area contributed by atoms with Crippen LogP contribution in [0.5, 0.6) is 0 Å². The Balaban J connectivity index is 1.50. The van der Waals surface area contributed by atoms with Crippen LogP contribution in [-0.4, -0.2) is 43.7 Å². The lowest BCUT2D eigenvalue weighted by Crippen LogP contribution is -2.62. The number of H-pyrrole nitrogens is 1. The number of alkyl halides is 2. The van der Waals surface area contributed by atoms with E-state index >= 15 is 0 Å². The van der Waals surface area contributed by atoms with Gasteiger partial charge in [-0.05, 0) is 25.2 Å². The first-order valence-corrected chi connectivity index (χ1v) is 7.75. The van der Waals surface area contributed by atoms with Crippen molar-refractivity contribution in [3.05, 3.63) is 12.0 Å². The first kappa shape index (κ1) is 15.2. The van der Waals surface area contributed by atoms with Gasteiger partial charge in [-0.15, -0.1) is 0 Å². The number of halogens is 2. The third kappa shape index (κ3) is 2.14. The number of aliphatic carboxylic acids is 1. The summed E-state index contributed by atoms with van der Waals surface area (Å²) in [4.78, 5) is 19.9. The number of aromatic nitrogens is 4. The summed E-state index contributed by atoms with van der Waals surface area (Å²) in [5.41, 5.74) is 0.468. The number of anilines is 1. The minimum atomic E-state index is -2.64. The highest BCUT2D eigenvalue weighted by molar-refractivity contribution is 5.87. The van der Waals surface area contributed by atoms with Crippen molar-refractivity contribution in [2.24, 2.45) is 10.8 Å². The fourth-order valence-corrected chi connectivity index (χ4v) is 4.37. The monoisotopic (exact) mass is 337 g/mol. The first-order valence-electron chi connectivity index (χ1n) is 7.75. The van der Waals surface area contributed by atoms with Gasteiger partial charge in [-0.2, -0.15) is 5.10 Å². The number of aromatic amines is 1. The highest BCUT2D eigenvalue weighted by Crippen LogP contribution is 2.68. The predicted octanol–water partition coefficient (Wildman–Crippen LogP) is 2.35. The van der Waals surface area contributed by atoms with E-state index in [1.54, 1.807) is 0 Å². The molecule has 0 amide bonds. The van der Waals surface area contributed by atoms with Gasteiger partial charge in [-0.1, -0.05) is 0 Å². The summed E-state index contributed by atoms with van der Waals surface area (Å²) in [5.74, 6) is -3.15. The Morgan fingerprint density at radius 2 is 2.00 bits per heavy atom. The molecule has 2 aromatic rings. The van der Waals surface area contributed by atoms with E-state index in [0.29, 0.717) is 16.9 Å². The van der Waals surface area contributed by atoms with Gasteiger partial charge >= 0.3 is 5.97 Å². The molecule has 2 aliphatic rings. The second kappa shape index (κ2) is 4.61. The van der Waals surface area contributed by atoms with Crippen molar-refractivity contribution in [2.45, 2.75) is 38.5 Å². The van der Waals surface area contributed by atoms with Crippen molar-refractivity contribution >= 4 is 22.8 Å². The van der Waals surface area contributed by atoms with E-state index in [9.17, 15) is 18.7 Å². The van der Waals surface area contributed by atoms with E-state index in [2.05, 4.69) is 25.5 Å². The van der Waals surface area contributed by atoms with Crippen LogP contribution in [0.4, 0.5) is 14.6 Å². The van der Waals surface area contributed by atoms with Crippen molar-refractivity contribution < 1.29 is 18.7 Å². The normalized spacial score (nSPS) is 22.8. The van der Waals surface area contributed by atoms with Gasteiger partial charge < -0.3 is 10.4 Å². The number of carbonyl (C=O) groups is 1. The molecule has 0 atom stereocenters. The molecular formula is C15H17F2N5O2. The molecule has 2 saturated carbocycles. The SMILES string of the molecule is Cc1[nH]nc2c(NCC3(C(=O)O)CC4(CC(F)(F)C4)C3)ncnc12. The number of carboxylic acids is 1. The van der Waals surface area contributed by atoms with Gasteiger partial charge in [0.05, 0.1) is 11.1 Å². The number of aryl methyl sites for hydroxylation is 1. The molecule has 2 aromatic heterocycles. The highest BCUT2D eigenvalue weighted by Gasteiger charge is 2.68. The first-order chi connectivity index (χ1) is 11.2. The summed E-state index contributed by atoms with van der Waals surface area (Å²) >= 11 is 0. The highest BCUT2D eigenvalue weighted by atomic mass is 19.3. The summed E-state index contributed by atoms with van der Waals surface area (Å²) in [7, 11) is 0. The molecule has 0 saturated heterocycles. The molecule has 0 unspecified atom stereocenters. The van der Waals surface area contributed by atoms with Crippen molar-refractivity contribution in [3.63, 3.8) is 0 Å². The topological polar surface area (TPSA) is 104 Å². The maximum atomic E-state index is 13.1. The number of carboxylic acid groups (broad SMARTS) is 1. The van der Waals surface area contributed by atoms with E-state index in [1.807, 2.05) is 6.92 Å². The van der Waals surface area contributed by atoms with Crippen LogP contribution < -0.4 is 5.32 Å². The Morgan fingerprint density at radius 3 is 2.62 bits per heavy atom. The van der Waals surface area contributed by atoms with E-state index in [4.69, 9.17) is 0 Å². The molecule has 4 rings (SSSR count). The lowest BCUT2D eigenvalue weighted by Gasteiger charge is -2.61. The fourth-order valence-electron chi connectivity index (χ4n) is 4.37. The summed E-state index contributed by atoms with van der Waals surface area (Å²) in [5, 5.41) is 19.5. The zero-order valence-electron chi connectivity index (χ0n) is 13.1. The average Bonchev–Trinajstić information content (AvgIpc) is 2.82. The molecule has 2 fully saturated rings. The van der Waals surface area contributed by atoms with Crippen LogP contribution in [0.2, 0.25) is 0 Å². The number of hydrogen-bond acceptors (Lipinski definition) is 5. The van der Waals surface area contributed by atoms with Crippen LogP contribution in [-0.2, 0) is 4.79 Å². The maximum absolute atomic E-state index is 13.1. The molecule has 7 nitrogen and oxygen atoms in total. The molecule has 128 valence electrons. The van der Waals surface area contributed by atoms with Crippen LogP contribution in [0.25, 0.3) is 11.0 Å². The van der Waals surface area contributed by atoms with Gasteiger partial charge in [0.2, 0.25) is 5.92 Å². The molecule has 0 bridgehead atoms. The minimum Gasteiger partial charge on any atom is -0.481 e. The lowest BCUT2D eigenvalue weighted by atomic mass is 9.44. The van der Waals surface area contributed by atoms with Crippen LogP contribution in [0.3, 0.4) is 0 Å². The predicted molar refractivity (Wildman–Crippen MR) is 80.8 cm³/mol. The summed E-state index contributed by atoms with van der Waals surface area (Å²) in [6.45, 7) is 1.96. The summed E-state index contributed by atoms with van der Waals surface area (Å²) in [6, 6.07) is 0.